The highest BCUT2D eigenvalue weighted by Crippen LogP contribution is 2.40. The maximum atomic E-state index is 13.3. The molecule has 0 bridgehead atoms. The average molecular weight is 488 g/mol. The van der Waals surface area contributed by atoms with Crippen LogP contribution in [-0.2, 0) is 16.0 Å². The van der Waals surface area contributed by atoms with E-state index in [4.69, 9.17) is 14.2 Å². The minimum absolute atomic E-state index is 0.0596. The van der Waals surface area contributed by atoms with Gasteiger partial charge in [-0.25, -0.2) is 0 Å². The summed E-state index contributed by atoms with van der Waals surface area (Å²) in [4.78, 5) is 28.0. The number of hydrogen-bond acceptors (Lipinski definition) is 6. The van der Waals surface area contributed by atoms with Gasteiger partial charge in [0.1, 0.15) is 11.5 Å². The van der Waals surface area contributed by atoms with Gasteiger partial charge in [-0.15, -0.1) is 0 Å². The van der Waals surface area contributed by atoms with Gasteiger partial charge in [-0.1, -0.05) is 48.0 Å². The van der Waals surface area contributed by atoms with Crippen molar-refractivity contribution in [1.29, 1.82) is 0 Å². The molecule has 1 aliphatic rings. The molecule has 1 heterocycles. The molecule has 3 aromatic carbocycles. The summed E-state index contributed by atoms with van der Waals surface area (Å²) in [5, 5.41) is 11.2. The van der Waals surface area contributed by atoms with E-state index < -0.39 is 17.7 Å². The first-order valence-corrected chi connectivity index (χ1v) is 11.6. The predicted octanol–water partition coefficient (Wildman–Crippen LogP) is 4.69. The number of aliphatic hydroxyl groups is 1. The second-order valence-electron chi connectivity index (χ2n) is 8.57. The number of benzene rings is 3. The van der Waals surface area contributed by atoms with E-state index in [0.717, 1.165) is 16.7 Å². The minimum atomic E-state index is -0.725. The monoisotopic (exact) mass is 487 g/mol. The zero-order valence-corrected chi connectivity index (χ0v) is 20.8. The summed E-state index contributed by atoms with van der Waals surface area (Å²) in [5.41, 5.74) is 3.18. The molecule has 7 heteroatoms. The van der Waals surface area contributed by atoms with E-state index in [1.807, 2.05) is 49.4 Å². The maximum Gasteiger partial charge on any atom is 0.295 e. The Morgan fingerprint density at radius 3 is 2.28 bits per heavy atom. The second kappa shape index (κ2) is 10.6. The van der Waals surface area contributed by atoms with Gasteiger partial charge < -0.3 is 24.2 Å². The van der Waals surface area contributed by atoms with E-state index >= 15 is 0 Å². The molecule has 1 amide bonds. The standard InChI is InChI=1S/C29H29NO6/c1-18-8-11-20(12-9-18)26-25(27(31)21-6-5-7-22(17-21)34-2)28(32)29(33)30(26)15-14-19-10-13-23(35-3)24(16-19)36-4/h5-13,16-17,26,31H,14-15H2,1-4H3/b27-25-. The number of amides is 1. The SMILES string of the molecule is COc1cccc(/C(O)=C2/C(=O)C(=O)N(CCc3ccc(OC)c(OC)c3)C2c2ccc(C)cc2)c1. The highest BCUT2D eigenvalue weighted by atomic mass is 16.5. The lowest BCUT2D eigenvalue weighted by Crippen LogP contribution is -2.31. The predicted molar refractivity (Wildman–Crippen MR) is 136 cm³/mol. The van der Waals surface area contributed by atoms with Crippen LogP contribution in [0.4, 0.5) is 0 Å². The number of likely N-dealkylation sites (tertiary alicyclic amines) is 1. The Morgan fingerprint density at radius 2 is 1.61 bits per heavy atom. The molecule has 1 N–H and O–H groups in total. The molecule has 0 saturated carbocycles. The Hall–Kier alpha value is -4.26. The van der Waals surface area contributed by atoms with Crippen molar-refractivity contribution in [2.75, 3.05) is 27.9 Å². The molecule has 3 aromatic rings. The smallest absolute Gasteiger partial charge is 0.295 e. The number of ketones is 1. The molecule has 0 aromatic heterocycles. The van der Waals surface area contributed by atoms with Crippen molar-refractivity contribution in [1.82, 2.24) is 4.90 Å². The molecule has 7 nitrogen and oxygen atoms in total. The lowest BCUT2D eigenvalue weighted by molar-refractivity contribution is -0.139. The van der Waals surface area contributed by atoms with Crippen LogP contribution in [0.25, 0.3) is 5.76 Å². The van der Waals surface area contributed by atoms with Crippen molar-refractivity contribution in [3.8, 4) is 17.2 Å². The summed E-state index contributed by atoms with van der Waals surface area (Å²) in [6, 6.07) is 19.2. The fourth-order valence-corrected chi connectivity index (χ4v) is 4.42. The number of nitrogens with zero attached hydrogens (tertiary/aromatic N) is 1. The number of rotatable bonds is 8. The van der Waals surface area contributed by atoms with Gasteiger partial charge in [0.15, 0.2) is 11.5 Å². The van der Waals surface area contributed by atoms with Crippen molar-refractivity contribution in [3.05, 3.63) is 94.6 Å². The molecule has 4 rings (SSSR count). The molecule has 1 atom stereocenters. The molecular formula is C29H29NO6. The average Bonchev–Trinajstić information content (AvgIpc) is 3.16. The number of methoxy groups -OCH3 is 3. The number of aliphatic hydroxyl groups excluding tert-OH is 1. The molecule has 186 valence electrons. The zero-order chi connectivity index (χ0) is 25.8. The van der Waals surface area contributed by atoms with Crippen LogP contribution in [0, 0.1) is 6.92 Å². The lowest BCUT2D eigenvalue weighted by Gasteiger charge is -2.25. The van der Waals surface area contributed by atoms with Crippen LogP contribution in [0.3, 0.4) is 0 Å². The van der Waals surface area contributed by atoms with E-state index in [-0.39, 0.29) is 17.9 Å². The summed E-state index contributed by atoms with van der Waals surface area (Å²) >= 11 is 0. The molecule has 1 fully saturated rings. The Labute approximate surface area is 210 Å². The number of Topliss-reactive ketones (excluding diaryl/α,β-unsaturated/α-hetero) is 1. The molecule has 0 radical (unpaired) electrons. The van der Waals surface area contributed by atoms with Crippen molar-refractivity contribution < 1.29 is 28.9 Å². The van der Waals surface area contributed by atoms with Crippen LogP contribution in [0.2, 0.25) is 0 Å². The van der Waals surface area contributed by atoms with Gasteiger partial charge in [-0.2, -0.15) is 0 Å². The summed E-state index contributed by atoms with van der Waals surface area (Å²) in [5.74, 6) is 0.142. The van der Waals surface area contributed by atoms with Crippen LogP contribution in [0.5, 0.6) is 17.2 Å². The van der Waals surface area contributed by atoms with Gasteiger partial charge in [0.25, 0.3) is 11.7 Å². The molecule has 1 unspecified atom stereocenters. The quantitative estimate of drug-likeness (QED) is 0.282. The zero-order valence-electron chi connectivity index (χ0n) is 20.8. The third-order valence-corrected chi connectivity index (χ3v) is 6.37. The van der Waals surface area contributed by atoms with Gasteiger partial charge in [0, 0.05) is 12.1 Å². The van der Waals surface area contributed by atoms with E-state index in [2.05, 4.69) is 0 Å². The van der Waals surface area contributed by atoms with Crippen molar-refractivity contribution in [2.24, 2.45) is 0 Å². The summed E-state index contributed by atoms with van der Waals surface area (Å²) in [7, 11) is 4.66. The van der Waals surface area contributed by atoms with Crippen molar-refractivity contribution in [3.63, 3.8) is 0 Å². The van der Waals surface area contributed by atoms with Crippen LogP contribution in [-0.4, -0.2) is 49.6 Å². The van der Waals surface area contributed by atoms with E-state index in [0.29, 0.717) is 29.2 Å². The number of hydrogen-bond donors (Lipinski definition) is 1. The lowest BCUT2D eigenvalue weighted by atomic mass is 9.94. The minimum Gasteiger partial charge on any atom is -0.507 e. The summed E-state index contributed by atoms with van der Waals surface area (Å²) in [6.45, 7) is 2.24. The Kier molecular flexibility index (Phi) is 7.29. The third-order valence-electron chi connectivity index (χ3n) is 6.37. The third kappa shape index (κ3) is 4.77. The Balaban J connectivity index is 1.75. The molecule has 1 saturated heterocycles. The van der Waals surface area contributed by atoms with Gasteiger partial charge in [0.05, 0.1) is 32.9 Å². The highest BCUT2D eigenvalue weighted by molar-refractivity contribution is 6.46. The van der Waals surface area contributed by atoms with Crippen LogP contribution in [0.15, 0.2) is 72.3 Å². The van der Waals surface area contributed by atoms with Gasteiger partial charge in [0.2, 0.25) is 0 Å². The molecule has 36 heavy (non-hydrogen) atoms. The highest BCUT2D eigenvalue weighted by Gasteiger charge is 2.45. The van der Waals surface area contributed by atoms with Gasteiger partial charge in [-0.05, 0) is 48.7 Å². The molecular weight excluding hydrogens is 458 g/mol. The Morgan fingerprint density at radius 1 is 0.889 bits per heavy atom. The second-order valence-corrected chi connectivity index (χ2v) is 8.57. The molecule has 0 aliphatic carbocycles. The normalized spacial score (nSPS) is 16.8. The number of carbonyl (C=O) groups excluding carboxylic acids is 2. The van der Waals surface area contributed by atoms with Gasteiger partial charge in [-0.3, -0.25) is 9.59 Å². The first-order valence-electron chi connectivity index (χ1n) is 11.6. The van der Waals surface area contributed by atoms with E-state index in [1.165, 1.54) is 12.0 Å². The fourth-order valence-electron chi connectivity index (χ4n) is 4.42. The van der Waals surface area contributed by atoms with Crippen LogP contribution < -0.4 is 14.2 Å². The summed E-state index contributed by atoms with van der Waals surface area (Å²) < 4.78 is 16.0. The molecule has 1 aliphatic heterocycles. The van der Waals surface area contributed by atoms with Crippen LogP contribution >= 0.6 is 0 Å². The molecule has 0 spiro atoms. The number of aryl methyl sites for hydroxylation is 1. The largest absolute Gasteiger partial charge is 0.507 e. The van der Waals surface area contributed by atoms with E-state index in [9.17, 15) is 14.7 Å². The maximum absolute atomic E-state index is 13.3. The topological polar surface area (TPSA) is 85.3 Å². The van der Waals surface area contributed by atoms with E-state index in [1.54, 1.807) is 38.5 Å². The van der Waals surface area contributed by atoms with Crippen molar-refractivity contribution in [2.45, 2.75) is 19.4 Å². The fraction of sp³-hybridized carbons (Fsp3) is 0.241. The number of carbonyl (C=O) groups is 2. The van der Waals surface area contributed by atoms with Gasteiger partial charge >= 0.3 is 0 Å². The first kappa shape index (κ1) is 24.9. The first-order chi connectivity index (χ1) is 17.4. The van der Waals surface area contributed by atoms with Crippen molar-refractivity contribution >= 4 is 17.4 Å². The summed E-state index contributed by atoms with van der Waals surface area (Å²) in [6.07, 6.45) is 0.481. The van der Waals surface area contributed by atoms with Crippen LogP contribution in [0.1, 0.15) is 28.3 Å². The Bertz CT molecular complexity index is 1310. The number of ether oxygens (including phenoxy) is 3.